The summed E-state index contributed by atoms with van der Waals surface area (Å²) in [5, 5.41) is 44.9. The number of aromatic nitrogens is 6. The van der Waals surface area contributed by atoms with Gasteiger partial charge in [-0.1, -0.05) is 10.4 Å². The number of benzene rings is 1. The monoisotopic (exact) mass is 1480 g/mol. The first-order valence-corrected chi connectivity index (χ1v) is 33.9. The summed E-state index contributed by atoms with van der Waals surface area (Å²) in [6.07, 6.45) is 4.78. The second-order valence-electron chi connectivity index (χ2n) is 21.4. The van der Waals surface area contributed by atoms with E-state index in [4.69, 9.17) is 86.0 Å². The molecule has 0 spiro atoms. The summed E-state index contributed by atoms with van der Waals surface area (Å²) in [5.41, 5.74) is 1.32. The summed E-state index contributed by atoms with van der Waals surface area (Å²) < 4.78 is 162. The number of carbonyl (C=O) groups excluding carboxylic acids is 5. The second-order valence-corrected chi connectivity index (χ2v) is 21.4. The molecule has 0 saturated heterocycles. The van der Waals surface area contributed by atoms with Gasteiger partial charge in [0.1, 0.15) is 17.4 Å². The average molecular weight is 1480 g/mol. The minimum Gasteiger partial charge on any atom is -0.420 e. The van der Waals surface area contributed by atoms with Crippen LogP contribution in [-0.4, -0.2) is 307 Å². The molecule has 584 valence electrons. The van der Waals surface area contributed by atoms with Crippen molar-refractivity contribution in [1.29, 1.82) is 0 Å². The lowest BCUT2D eigenvalue weighted by Gasteiger charge is -2.19. The molecule has 6 N–H and O–H groups in total. The Balaban J connectivity index is 1.24. The first-order valence-electron chi connectivity index (χ1n) is 33.9. The number of nitrogens with zero attached hydrogens (tertiary/aromatic N) is 6. The number of amides is 4. The molecule has 0 aliphatic carbocycles. The van der Waals surface area contributed by atoms with Gasteiger partial charge in [-0.2, -0.15) is 8.78 Å². The van der Waals surface area contributed by atoms with Crippen LogP contribution in [0.15, 0.2) is 12.4 Å². The van der Waals surface area contributed by atoms with Crippen molar-refractivity contribution in [3.8, 4) is 5.75 Å². The third-order valence-electron chi connectivity index (χ3n) is 13.3. The standard InChI is InChI=1S/C63H103F5N10O24/c64-57-58(65)60(67)62(61(68)59(57)66)102-56(84)8-18-88-26-32-94-36-37-95-33-27-89-19-11-71-63(85)52(4-1-2-9-69-53(81)6-16-86-24-28-90-20-12-77-46-50(73-75-77)48-100-44-42-98-40-38-96-34-30-92-22-14-79)72-55(83)5-3-10-70-54(82)7-17-87-25-29-91-21-13-78-47-51(74-76-78)49-101-45-43-99-41-39-97-35-31-93-23-15-80/h46-47,52,79-80H,1-45,48-49H2,(H,69,81)(H,70,82)(H,71,85)(H,72,83)/t52-/m0/s1. The van der Waals surface area contributed by atoms with Crippen LogP contribution in [-0.2, 0) is 126 Å². The number of hydrogen-bond acceptors (Lipinski definition) is 28. The lowest BCUT2D eigenvalue weighted by Crippen LogP contribution is -2.47. The molecule has 39 heteroatoms. The van der Waals surface area contributed by atoms with Crippen molar-refractivity contribution in [2.75, 3.05) is 231 Å². The third kappa shape index (κ3) is 47.2. The molecular formula is C63H103F5N10O24. The molecule has 0 aliphatic heterocycles. The molecular weight excluding hydrogens is 1380 g/mol. The number of esters is 1. The number of aliphatic hydroxyl groups is 2. The fourth-order valence-corrected chi connectivity index (χ4v) is 8.14. The van der Waals surface area contributed by atoms with Gasteiger partial charge in [-0.25, -0.2) is 22.5 Å². The van der Waals surface area contributed by atoms with E-state index in [2.05, 4.69) is 46.6 Å². The lowest BCUT2D eigenvalue weighted by atomic mass is 10.1. The van der Waals surface area contributed by atoms with Gasteiger partial charge < -0.3 is 112 Å². The van der Waals surface area contributed by atoms with Crippen LogP contribution < -0.4 is 26.0 Å². The van der Waals surface area contributed by atoms with Gasteiger partial charge in [0.2, 0.25) is 58.5 Å². The maximum atomic E-state index is 13.8. The van der Waals surface area contributed by atoms with Gasteiger partial charge in [0, 0.05) is 38.9 Å². The number of rotatable bonds is 71. The summed E-state index contributed by atoms with van der Waals surface area (Å²) in [6, 6.07) is -0.905. The summed E-state index contributed by atoms with van der Waals surface area (Å²) in [4.78, 5) is 63.3. The van der Waals surface area contributed by atoms with Gasteiger partial charge in [0.15, 0.2) is 0 Å². The smallest absolute Gasteiger partial charge is 0.313 e. The van der Waals surface area contributed by atoms with E-state index < -0.39 is 65.1 Å². The molecule has 1 aromatic carbocycles. The first-order chi connectivity index (χ1) is 49.8. The van der Waals surface area contributed by atoms with E-state index in [0.29, 0.717) is 156 Å². The molecule has 0 bridgehead atoms. The van der Waals surface area contributed by atoms with Crippen molar-refractivity contribution in [3.05, 3.63) is 52.9 Å². The molecule has 34 nitrogen and oxygen atoms in total. The lowest BCUT2D eigenvalue weighted by molar-refractivity contribution is -0.136. The van der Waals surface area contributed by atoms with E-state index in [1.807, 2.05) is 0 Å². The van der Waals surface area contributed by atoms with Crippen LogP contribution >= 0.6 is 0 Å². The van der Waals surface area contributed by atoms with Gasteiger partial charge in [-0.15, -0.1) is 10.2 Å². The predicted octanol–water partition coefficient (Wildman–Crippen LogP) is 0.0753. The van der Waals surface area contributed by atoms with Gasteiger partial charge >= 0.3 is 5.97 Å². The van der Waals surface area contributed by atoms with Crippen LogP contribution in [0.2, 0.25) is 0 Å². The Morgan fingerprint density at radius 3 is 1.15 bits per heavy atom. The third-order valence-corrected chi connectivity index (χ3v) is 13.3. The highest BCUT2D eigenvalue weighted by Gasteiger charge is 2.29. The van der Waals surface area contributed by atoms with Crippen molar-refractivity contribution >= 4 is 29.6 Å². The highest BCUT2D eigenvalue weighted by atomic mass is 19.2. The van der Waals surface area contributed by atoms with E-state index >= 15 is 0 Å². The maximum absolute atomic E-state index is 13.8. The minimum absolute atomic E-state index is 0.00271. The van der Waals surface area contributed by atoms with E-state index in [-0.39, 0.29) is 170 Å². The van der Waals surface area contributed by atoms with Gasteiger partial charge in [-0.3, -0.25) is 24.0 Å². The van der Waals surface area contributed by atoms with Crippen LogP contribution in [0.25, 0.3) is 0 Å². The fourth-order valence-electron chi connectivity index (χ4n) is 8.14. The molecule has 0 unspecified atom stereocenters. The molecule has 102 heavy (non-hydrogen) atoms. The van der Waals surface area contributed by atoms with E-state index in [1.165, 1.54) is 0 Å². The Hall–Kier alpha value is -6.22. The Kier molecular flexibility index (Phi) is 54.9. The molecule has 1 atom stereocenters. The van der Waals surface area contributed by atoms with E-state index in [9.17, 15) is 45.9 Å². The molecule has 2 aromatic heterocycles. The highest BCUT2D eigenvalue weighted by Crippen LogP contribution is 2.29. The quantitative estimate of drug-likeness (QED) is 0.0109. The first kappa shape index (κ1) is 90.0. The zero-order valence-corrected chi connectivity index (χ0v) is 57.9. The minimum atomic E-state index is -2.38. The topological polar surface area (TPSA) is 392 Å². The highest BCUT2D eigenvalue weighted by molar-refractivity contribution is 5.87. The normalized spacial score (nSPS) is 11.8. The number of halogens is 5. The SMILES string of the molecule is O=C(CCOCCOCCn1cc(COCCOCCOCCOCCO)nn1)NCCCC[C@H](NC(=O)CCCNC(=O)CCOCCOCCn1cc(COCCOCCOCCOCCO)nn1)C(=O)NCCOCCOCCOCCOCCC(=O)Oc1c(F)c(F)c(F)c(F)c1F. The van der Waals surface area contributed by atoms with E-state index in [0.717, 1.165) is 0 Å². The molecule has 0 aliphatic rings. The molecule has 3 rings (SSSR count). The fraction of sp³-hybridized carbons (Fsp3) is 0.762. The van der Waals surface area contributed by atoms with Crippen molar-refractivity contribution in [1.82, 2.24) is 51.3 Å². The van der Waals surface area contributed by atoms with Crippen molar-refractivity contribution in [2.45, 2.75) is 83.7 Å². The zero-order valence-electron chi connectivity index (χ0n) is 57.9. The van der Waals surface area contributed by atoms with Crippen LogP contribution in [0.3, 0.4) is 0 Å². The van der Waals surface area contributed by atoms with Crippen LogP contribution in [0.4, 0.5) is 22.0 Å². The largest absolute Gasteiger partial charge is 0.420 e. The summed E-state index contributed by atoms with van der Waals surface area (Å²) in [6.45, 7) is 10.4. The number of unbranched alkanes of at least 4 members (excludes halogenated alkanes) is 1. The molecule has 0 fully saturated rings. The second kappa shape index (κ2) is 62.2. The summed E-state index contributed by atoms with van der Waals surface area (Å²) in [7, 11) is 0. The van der Waals surface area contributed by atoms with Crippen LogP contribution in [0.1, 0.15) is 62.8 Å². The van der Waals surface area contributed by atoms with Crippen molar-refractivity contribution in [3.63, 3.8) is 0 Å². The average Bonchev–Trinajstić information content (AvgIpc) is 0.985. The summed E-state index contributed by atoms with van der Waals surface area (Å²) >= 11 is 0. The Bertz CT molecular complexity index is 2620. The summed E-state index contributed by atoms with van der Waals surface area (Å²) in [5.74, 6) is -15.7. The Morgan fingerprint density at radius 2 is 0.725 bits per heavy atom. The van der Waals surface area contributed by atoms with Crippen LogP contribution in [0, 0.1) is 29.1 Å². The van der Waals surface area contributed by atoms with Gasteiger partial charge in [0.05, 0.1) is 257 Å². The number of carbonyl (C=O) groups is 5. The Labute approximate surface area is 589 Å². The zero-order chi connectivity index (χ0) is 73.6. The Morgan fingerprint density at radius 1 is 0.373 bits per heavy atom. The van der Waals surface area contributed by atoms with Gasteiger partial charge in [-0.05, 0) is 25.7 Å². The van der Waals surface area contributed by atoms with Crippen molar-refractivity contribution in [2.24, 2.45) is 0 Å². The molecule has 2 heterocycles. The molecule has 4 amide bonds. The van der Waals surface area contributed by atoms with Crippen LogP contribution in [0.5, 0.6) is 5.75 Å². The number of aliphatic hydroxyl groups excluding tert-OH is 2. The number of hydrogen-bond donors (Lipinski definition) is 6. The maximum Gasteiger partial charge on any atom is 0.313 e. The van der Waals surface area contributed by atoms with Crippen molar-refractivity contribution < 1.29 is 137 Å². The number of ether oxygens (including phenoxy) is 17. The molecule has 0 radical (unpaired) electrons. The number of nitrogens with one attached hydrogen (secondary N) is 4. The molecule has 0 saturated carbocycles. The molecule has 3 aromatic rings. The predicted molar refractivity (Wildman–Crippen MR) is 345 cm³/mol. The van der Waals surface area contributed by atoms with Gasteiger partial charge in [0.25, 0.3) is 0 Å². The van der Waals surface area contributed by atoms with E-state index in [1.54, 1.807) is 21.8 Å².